The fraction of sp³-hybridized carbons (Fsp3) is 0.167. The molecule has 1 aliphatic heterocycles. The molecule has 0 saturated carbocycles. The quantitative estimate of drug-likeness (QED) is 0.480. The van der Waals surface area contributed by atoms with E-state index >= 15 is 0 Å². The molecule has 0 aliphatic carbocycles. The van der Waals surface area contributed by atoms with E-state index in [2.05, 4.69) is 10.2 Å². The van der Waals surface area contributed by atoms with Gasteiger partial charge in [0.05, 0.1) is 16.8 Å². The summed E-state index contributed by atoms with van der Waals surface area (Å²) in [7, 11) is 5.15. The first-order valence-electron chi connectivity index (χ1n) is 7.84. The van der Waals surface area contributed by atoms with E-state index in [0.29, 0.717) is 16.8 Å². The van der Waals surface area contributed by atoms with Crippen LogP contribution < -0.4 is 9.80 Å². The zero-order valence-corrected chi connectivity index (χ0v) is 14.6. The van der Waals surface area contributed by atoms with Crippen molar-refractivity contribution in [3.8, 4) is 0 Å². The van der Waals surface area contributed by atoms with Gasteiger partial charge >= 0.3 is 0 Å². The number of hydrogen-bond acceptors (Lipinski definition) is 6. The highest BCUT2D eigenvalue weighted by atomic mass is 16.6. The van der Waals surface area contributed by atoms with Crippen molar-refractivity contribution < 1.29 is 9.72 Å². The fourth-order valence-electron chi connectivity index (χ4n) is 2.74. The zero-order valence-electron chi connectivity index (χ0n) is 14.6. The molecule has 8 nitrogen and oxygen atoms in total. The summed E-state index contributed by atoms with van der Waals surface area (Å²) in [4.78, 5) is 26.3. The van der Waals surface area contributed by atoms with Crippen molar-refractivity contribution in [2.24, 2.45) is 10.2 Å². The van der Waals surface area contributed by atoms with Crippen molar-refractivity contribution in [2.45, 2.75) is 0 Å². The normalized spacial score (nSPS) is 15.0. The van der Waals surface area contributed by atoms with Gasteiger partial charge in [-0.3, -0.25) is 14.9 Å². The van der Waals surface area contributed by atoms with Crippen molar-refractivity contribution in [3.63, 3.8) is 0 Å². The Bertz CT molecular complexity index is 950. The van der Waals surface area contributed by atoms with Crippen LogP contribution in [0.15, 0.2) is 52.7 Å². The molecule has 132 valence electrons. The van der Waals surface area contributed by atoms with Gasteiger partial charge < -0.3 is 9.80 Å². The second-order valence-corrected chi connectivity index (χ2v) is 5.97. The maximum atomic E-state index is 12.3. The highest BCUT2D eigenvalue weighted by Crippen LogP contribution is 2.28. The van der Waals surface area contributed by atoms with Crippen LogP contribution in [0.5, 0.6) is 0 Å². The number of para-hydroxylation sites is 1. The van der Waals surface area contributed by atoms with Gasteiger partial charge in [-0.1, -0.05) is 24.3 Å². The van der Waals surface area contributed by atoms with E-state index in [1.165, 1.54) is 17.2 Å². The number of fused-ring (bicyclic) bond motifs is 1. The van der Waals surface area contributed by atoms with Gasteiger partial charge in [-0.2, -0.15) is 5.10 Å². The SMILES string of the molecule is CN(C)c1ccc(C=NN=C2C(=O)N(C)c3ccccc32)cc1[N+](=O)[O-]. The predicted octanol–water partition coefficient (Wildman–Crippen LogP) is 2.46. The molecule has 2 aromatic rings. The number of anilines is 2. The highest BCUT2D eigenvalue weighted by Gasteiger charge is 2.31. The highest BCUT2D eigenvalue weighted by molar-refractivity contribution is 6.54. The Kier molecular flexibility index (Phi) is 4.49. The van der Waals surface area contributed by atoms with Crippen LogP contribution in [0, 0.1) is 10.1 Å². The van der Waals surface area contributed by atoms with Crippen LogP contribution in [-0.2, 0) is 4.79 Å². The van der Waals surface area contributed by atoms with Crippen molar-refractivity contribution in [1.82, 2.24) is 0 Å². The molecule has 0 bridgehead atoms. The molecule has 26 heavy (non-hydrogen) atoms. The molecule has 1 aliphatic rings. The second kappa shape index (κ2) is 6.75. The lowest BCUT2D eigenvalue weighted by atomic mass is 10.1. The molecule has 0 N–H and O–H groups in total. The molecular formula is C18H17N5O3. The van der Waals surface area contributed by atoms with Crippen molar-refractivity contribution in [1.29, 1.82) is 0 Å². The van der Waals surface area contributed by atoms with E-state index in [1.54, 1.807) is 38.2 Å². The number of nitro benzene ring substituents is 1. The Morgan fingerprint density at radius 2 is 1.92 bits per heavy atom. The van der Waals surface area contributed by atoms with Gasteiger partial charge in [0.15, 0.2) is 5.71 Å². The second-order valence-electron chi connectivity index (χ2n) is 5.97. The Hall–Kier alpha value is -3.55. The molecule has 2 aromatic carbocycles. The van der Waals surface area contributed by atoms with Gasteiger partial charge in [0, 0.05) is 38.3 Å². The number of carbonyl (C=O) groups is 1. The third-order valence-electron chi connectivity index (χ3n) is 4.07. The molecule has 1 heterocycles. The molecule has 0 spiro atoms. The van der Waals surface area contributed by atoms with E-state index in [9.17, 15) is 14.9 Å². The Morgan fingerprint density at radius 1 is 1.19 bits per heavy atom. The van der Waals surface area contributed by atoms with E-state index in [1.807, 2.05) is 24.3 Å². The number of likely N-dealkylation sites (N-methyl/N-ethyl adjacent to an activating group) is 1. The molecule has 0 unspecified atom stereocenters. The molecule has 0 aromatic heterocycles. The molecule has 0 atom stereocenters. The molecule has 3 rings (SSSR count). The van der Waals surface area contributed by atoms with Gasteiger partial charge in [-0.05, 0) is 12.1 Å². The number of hydrogen-bond donors (Lipinski definition) is 0. The summed E-state index contributed by atoms with van der Waals surface area (Å²) in [5.74, 6) is -0.239. The average Bonchev–Trinajstić information content (AvgIpc) is 2.86. The maximum absolute atomic E-state index is 12.3. The first-order chi connectivity index (χ1) is 12.4. The van der Waals surface area contributed by atoms with Crippen molar-refractivity contribution >= 4 is 34.9 Å². The monoisotopic (exact) mass is 351 g/mol. The van der Waals surface area contributed by atoms with Gasteiger partial charge in [0.1, 0.15) is 5.69 Å². The summed E-state index contributed by atoms with van der Waals surface area (Å²) >= 11 is 0. The summed E-state index contributed by atoms with van der Waals surface area (Å²) in [6.07, 6.45) is 1.40. The third-order valence-corrected chi connectivity index (χ3v) is 4.07. The van der Waals surface area contributed by atoms with E-state index in [4.69, 9.17) is 0 Å². The van der Waals surface area contributed by atoms with Gasteiger partial charge in [0.2, 0.25) is 0 Å². The first kappa shape index (κ1) is 17.3. The van der Waals surface area contributed by atoms with Crippen LogP contribution in [0.2, 0.25) is 0 Å². The minimum atomic E-state index is -0.440. The molecule has 0 radical (unpaired) electrons. The predicted molar refractivity (Wildman–Crippen MR) is 101 cm³/mol. The number of rotatable bonds is 4. The minimum Gasteiger partial charge on any atom is -0.372 e. The number of nitrogens with zero attached hydrogens (tertiary/aromatic N) is 5. The van der Waals surface area contributed by atoms with E-state index in [-0.39, 0.29) is 17.3 Å². The smallest absolute Gasteiger partial charge is 0.293 e. The zero-order chi connectivity index (χ0) is 18.8. The van der Waals surface area contributed by atoms with E-state index < -0.39 is 4.92 Å². The van der Waals surface area contributed by atoms with Crippen molar-refractivity contribution in [3.05, 3.63) is 63.7 Å². The van der Waals surface area contributed by atoms with Gasteiger partial charge in [-0.25, -0.2) is 0 Å². The number of benzene rings is 2. The topological polar surface area (TPSA) is 91.4 Å². The summed E-state index contributed by atoms with van der Waals surface area (Å²) in [5.41, 5.74) is 2.75. The van der Waals surface area contributed by atoms with Crippen LogP contribution in [0.25, 0.3) is 0 Å². The van der Waals surface area contributed by atoms with Crippen LogP contribution in [0.4, 0.5) is 17.1 Å². The minimum absolute atomic E-state index is 0.0198. The largest absolute Gasteiger partial charge is 0.372 e. The number of nitro groups is 1. The Balaban J connectivity index is 1.92. The van der Waals surface area contributed by atoms with Crippen molar-refractivity contribution in [2.75, 3.05) is 30.9 Å². The fourth-order valence-corrected chi connectivity index (χ4v) is 2.74. The molecular weight excluding hydrogens is 334 g/mol. The molecule has 0 fully saturated rings. The average molecular weight is 351 g/mol. The summed E-state index contributed by atoms with van der Waals surface area (Å²) in [6.45, 7) is 0. The third kappa shape index (κ3) is 3.04. The first-order valence-corrected chi connectivity index (χ1v) is 7.84. The lowest BCUT2D eigenvalue weighted by Crippen LogP contribution is -2.25. The molecule has 0 saturated heterocycles. The van der Waals surface area contributed by atoms with Crippen LogP contribution in [0.1, 0.15) is 11.1 Å². The lowest BCUT2D eigenvalue weighted by Gasteiger charge is -2.12. The van der Waals surface area contributed by atoms with Crippen LogP contribution in [-0.4, -0.2) is 43.9 Å². The molecule has 8 heteroatoms. The van der Waals surface area contributed by atoms with Gasteiger partial charge in [-0.15, -0.1) is 5.10 Å². The summed E-state index contributed by atoms with van der Waals surface area (Å²) < 4.78 is 0. The number of carbonyl (C=O) groups excluding carboxylic acids is 1. The Morgan fingerprint density at radius 3 is 2.62 bits per heavy atom. The molecule has 1 amide bonds. The number of amides is 1. The standard InChI is InChI=1S/C18H17N5O3/c1-21(2)15-9-8-12(10-16(15)23(25)26)11-19-20-17-13-6-4-5-7-14(13)22(3)18(17)24/h4-11H,1-3H3. The maximum Gasteiger partial charge on any atom is 0.293 e. The summed E-state index contributed by atoms with van der Waals surface area (Å²) in [6, 6.07) is 12.1. The van der Waals surface area contributed by atoms with Gasteiger partial charge in [0.25, 0.3) is 11.6 Å². The Labute approximate surface area is 150 Å². The summed E-state index contributed by atoms with van der Waals surface area (Å²) in [5, 5.41) is 19.2. The lowest BCUT2D eigenvalue weighted by molar-refractivity contribution is -0.384. The van der Waals surface area contributed by atoms with E-state index in [0.717, 1.165) is 5.69 Å². The van der Waals surface area contributed by atoms with Crippen LogP contribution in [0.3, 0.4) is 0 Å². The van der Waals surface area contributed by atoms with Crippen LogP contribution >= 0.6 is 0 Å².